The van der Waals surface area contributed by atoms with Gasteiger partial charge >= 0.3 is 0 Å². The minimum absolute atomic E-state index is 0.790. The van der Waals surface area contributed by atoms with Crippen LogP contribution in [-0.2, 0) is 6.54 Å². The fourth-order valence-electron chi connectivity index (χ4n) is 4.36. The molecule has 0 radical (unpaired) electrons. The molecule has 2 aliphatic rings. The van der Waals surface area contributed by atoms with Gasteiger partial charge in [0.05, 0.1) is 6.61 Å². The van der Waals surface area contributed by atoms with Crippen molar-refractivity contribution in [2.24, 2.45) is 5.92 Å². The molecule has 0 spiro atoms. The summed E-state index contributed by atoms with van der Waals surface area (Å²) in [4.78, 5) is 3.82. The summed E-state index contributed by atoms with van der Waals surface area (Å²) in [5.41, 5.74) is 1.28. The molecule has 1 saturated carbocycles. The van der Waals surface area contributed by atoms with Crippen LogP contribution in [0.15, 0.2) is 53.4 Å². The van der Waals surface area contributed by atoms with Crippen molar-refractivity contribution < 1.29 is 4.74 Å². The predicted molar refractivity (Wildman–Crippen MR) is 132 cm³/mol. The third-order valence-corrected chi connectivity index (χ3v) is 7.65. The van der Waals surface area contributed by atoms with E-state index >= 15 is 0 Å². The Labute approximate surface area is 197 Å². The zero-order valence-electron chi connectivity index (χ0n) is 18.5. The van der Waals surface area contributed by atoms with E-state index in [0.717, 1.165) is 49.4 Å². The molecule has 168 valence electrons. The van der Waals surface area contributed by atoms with Crippen LogP contribution >= 0.6 is 23.5 Å². The van der Waals surface area contributed by atoms with E-state index < -0.39 is 0 Å². The van der Waals surface area contributed by atoms with Gasteiger partial charge < -0.3 is 9.64 Å². The molecule has 0 bridgehead atoms. The summed E-state index contributed by atoms with van der Waals surface area (Å²) in [7, 11) is 0. The molecular formula is C26H35ClN2OS. The second-order valence-corrected chi connectivity index (χ2v) is 10.5. The summed E-state index contributed by atoms with van der Waals surface area (Å²) in [6.07, 6.45) is 9.28. The number of hydrogen-bond donors (Lipinski definition) is 0. The molecule has 2 aromatic carbocycles. The molecule has 0 aromatic heterocycles. The monoisotopic (exact) mass is 458 g/mol. The van der Waals surface area contributed by atoms with Crippen molar-refractivity contribution in [1.29, 1.82) is 0 Å². The first kappa shape index (κ1) is 23.0. The summed E-state index contributed by atoms with van der Waals surface area (Å²) in [6, 6.07) is 16.8. The molecule has 2 fully saturated rings. The van der Waals surface area contributed by atoms with Gasteiger partial charge in [-0.25, -0.2) is 4.31 Å². The highest BCUT2D eigenvalue weighted by Gasteiger charge is 2.22. The van der Waals surface area contributed by atoms with Crippen molar-refractivity contribution in [2.45, 2.75) is 56.4 Å². The van der Waals surface area contributed by atoms with Crippen LogP contribution in [0.4, 0.5) is 0 Å². The normalized spacial score (nSPS) is 17.6. The van der Waals surface area contributed by atoms with Crippen LogP contribution in [-0.4, -0.2) is 42.0 Å². The SMILES string of the molecule is Clc1ccc(SN(Cc2ccccc2OCCCN2CCCCC2)CC2CCC2)cc1. The van der Waals surface area contributed by atoms with Crippen molar-refractivity contribution in [3.63, 3.8) is 0 Å². The largest absolute Gasteiger partial charge is 0.493 e. The Morgan fingerprint density at radius 1 is 0.968 bits per heavy atom. The van der Waals surface area contributed by atoms with Crippen molar-refractivity contribution >= 4 is 23.5 Å². The van der Waals surface area contributed by atoms with Gasteiger partial charge in [-0.1, -0.05) is 42.6 Å². The zero-order valence-corrected chi connectivity index (χ0v) is 20.0. The molecule has 1 aliphatic carbocycles. The first-order valence-corrected chi connectivity index (χ1v) is 13.0. The summed E-state index contributed by atoms with van der Waals surface area (Å²) in [6.45, 7) is 6.48. The summed E-state index contributed by atoms with van der Waals surface area (Å²) < 4.78 is 8.76. The van der Waals surface area contributed by atoms with Gasteiger partial charge in [0, 0.05) is 35.1 Å². The van der Waals surface area contributed by atoms with E-state index in [9.17, 15) is 0 Å². The lowest BCUT2D eigenvalue weighted by atomic mass is 9.85. The molecule has 2 aromatic rings. The van der Waals surface area contributed by atoms with Gasteiger partial charge in [-0.3, -0.25) is 0 Å². The van der Waals surface area contributed by atoms with Crippen molar-refractivity contribution in [1.82, 2.24) is 9.21 Å². The standard InChI is InChI=1S/C26H35ClN2OS/c27-24-12-14-25(15-13-24)31-29(20-22-8-6-9-22)21-23-10-2-3-11-26(23)30-19-7-18-28-16-4-1-5-17-28/h2-3,10-15,22H,1,4-9,16-21H2. The molecule has 1 aliphatic heterocycles. The third-order valence-electron chi connectivity index (χ3n) is 6.38. The lowest BCUT2D eigenvalue weighted by Gasteiger charge is -2.32. The van der Waals surface area contributed by atoms with Crippen LogP contribution in [0.2, 0.25) is 5.02 Å². The van der Waals surface area contributed by atoms with E-state index in [0.29, 0.717) is 0 Å². The fraction of sp³-hybridized carbons (Fsp3) is 0.538. The molecule has 0 unspecified atom stereocenters. The van der Waals surface area contributed by atoms with Crippen LogP contribution in [0.3, 0.4) is 0 Å². The van der Waals surface area contributed by atoms with Crippen molar-refractivity contribution in [3.05, 3.63) is 59.1 Å². The fourth-order valence-corrected chi connectivity index (χ4v) is 5.53. The second-order valence-electron chi connectivity index (χ2n) is 8.88. The smallest absolute Gasteiger partial charge is 0.123 e. The molecule has 31 heavy (non-hydrogen) atoms. The van der Waals surface area contributed by atoms with Gasteiger partial charge in [0.1, 0.15) is 5.75 Å². The van der Waals surface area contributed by atoms with Gasteiger partial charge in [-0.2, -0.15) is 0 Å². The van der Waals surface area contributed by atoms with Gasteiger partial charge in [0.15, 0.2) is 0 Å². The van der Waals surface area contributed by atoms with Gasteiger partial charge in [-0.15, -0.1) is 0 Å². The maximum Gasteiger partial charge on any atom is 0.123 e. The average Bonchev–Trinajstić information content (AvgIpc) is 2.77. The summed E-state index contributed by atoms with van der Waals surface area (Å²) in [5, 5.41) is 0.790. The Bertz CT molecular complexity index is 790. The number of para-hydroxylation sites is 1. The van der Waals surface area contributed by atoms with Crippen molar-refractivity contribution in [2.75, 3.05) is 32.8 Å². The lowest BCUT2D eigenvalue weighted by molar-refractivity contribution is 0.203. The highest BCUT2D eigenvalue weighted by Crippen LogP contribution is 2.34. The minimum atomic E-state index is 0.790. The van der Waals surface area contributed by atoms with E-state index in [1.54, 1.807) is 0 Å². The number of rotatable bonds is 11. The Balaban J connectivity index is 1.33. The number of likely N-dealkylation sites (tertiary alicyclic amines) is 1. The predicted octanol–water partition coefficient (Wildman–Crippen LogP) is 6.90. The highest BCUT2D eigenvalue weighted by molar-refractivity contribution is 7.97. The quantitative estimate of drug-likeness (QED) is 0.268. The number of benzene rings is 2. The maximum atomic E-state index is 6.26. The van der Waals surface area contributed by atoms with Crippen LogP contribution in [0, 0.1) is 5.92 Å². The first-order valence-electron chi connectivity index (χ1n) is 11.9. The third kappa shape index (κ3) is 7.42. The number of hydrogen-bond acceptors (Lipinski definition) is 4. The molecule has 4 rings (SSSR count). The zero-order chi connectivity index (χ0) is 21.3. The van der Waals surface area contributed by atoms with Crippen LogP contribution in [0.25, 0.3) is 0 Å². The highest BCUT2D eigenvalue weighted by atomic mass is 35.5. The minimum Gasteiger partial charge on any atom is -0.493 e. The van der Waals surface area contributed by atoms with E-state index in [1.165, 1.54) is 62.1 Å². The summed E-state index contributed by atoms with van der Waals surface area (Å²) in [5.74, 6) is 1.86. The van der Waals surface area contributed by atoms with Crippen molar-refractivity contribution in [3.8, 4) is 5.75 Å². The maximum absolute atomic E-state index is 6.26. The molecule has 0 amide bonds. The Hall–Kier alpha value is -1.20. The number of nitrogens with zero attached hydrogens (tertiary/aromatic N) is 2. The van der Waals surface area contributed by atoms with Gasteiger partial charge in [0.2, 0.25) is 0 Å². The molecule has 1 heterocycles. The first-order chi connectivity index (χ1) is 15.3. The van der Waals surface area contributed by atoms with E-state index in [2.05, 4.69) is 45.6 Å². The topological polar surface area (TPSA) is 15.7 Å². The molecule has 0 N–H and O–H groups in total. The average molecular weight is 459 g/mol. The number of halogens is 1. The Kier molecular flexibility index (Phi) is 9.01. The van der Waals surface area contributed by atoms with Crippen LogP contribution in [0.1, 0.15) is 50.5 Å². The molecule has 0 atom stereocenters. The van der Waals surface area contributed by atoms with Crippen LogP contribution in [0.5, 0.6) is 5.75 Å². The number of ether oxygens (including phenoxy) is 1. The Morgan fingerprint density at radius 3 is 2.48 bits per heavy atom. The second kappa shape index (κ2) is 12.2. The van der Waals surface area contributed by atoms with E-state index in [-0.39, 0.29) is 0 Å². The molecule has 1 saturated heterocycles. The van der Waals surface area contributed by atoms with E-state index in [4.69, 9.17) is 16.3 Å². The molecule has 5 heteroatoms. The molecule has 3 nitrogen and oxygen atoms in total. The number of piperidine rings is 1. The van der Waals surface area contributed by atoms with Gasteiger partial charge in [0.25, 0.3) is 0 Å². The Morgan fingerprint density at radius 2 is 1.74 bits per heavy atom. The van der Waals surface area contributed by atoms with E-state index in [1.807, 2.05) is 24.1 Å². The van der Waals surface area contributed by atoms with Gasteiger partial charge in [-0.05, 0) is 93.4 Å². The lowest BCUT2D eigenvalue weighted by Crippen LogP contribution is -2.31. The van der Waals surface area contributed by atoms with Crippen LogP contribution < -0.4 is 4.74 Å². The summed E-state index contributed by atoms with van der Waals surface area (Å²) >= 11 is 7.92. The molecular weight excluding hydrogens is 424 g/mol.